The summed E-state index contributed by atoms with van der Waals surface area (Å²) in [5, 5.41) is 4.96. The van der Waals surface area contributed by atoms with Crippen LogP contribution in [0, 0.1) is 5.41 Å². The van der Waals surface area contributed by atoms with E-state index in [1.807, 2.05) is 81.4 Å². The molecule has 1 heterocycles. The molecule has 0 bridgehead atoms. The molecule has 168 valence electrons. The number of fused-ring (bicyclic) bond motifs is 1. The highest BCUT2D eigenvalue weighted by atomic mass is 16.7. The Hall–Kier alpha value is -3.09. The number of hydrogen-bond donors (Lipinski definition) is 1. The fourth-order valence-corrected chi connectivity index (χ4v) is 3.70. The molecular formula is C26H29NO5. The number of carbonyl (C=O) groups is 1. The summed E-state index contributed by atoms with van der Waals surface area (Å²) in [6, 6.07) is 19.2. The number of amides is 1. The minimum absolute atomic E-state index is 0.0629. The summed E-state index contributed by atoms with van der Waals surface area (Å²) in [7, 11) is 1.63. The molecular weight excluding hydrogens is 406 g/mol. The lowest BCUT2D eigenvalue weighted by Crippen LogP contribution is -2.45. The maximum atomic E-state index is 13.2. The third-order valence-electron chi connectivity index (χ3n) is 5.54. The van der Waals surface area contributed by atoms with Gasteiger partial charge in [0.05, 0.1) is 31.8 Å². The van der Waals surface area contributed by atoms with Gasteiger partial charge in [0.15, 0.2) is 6.29 Å². The van der Waals surface area contributed by atoms with Crippen molar-refractivity contribution in [2.75, 3.05) is 25.6 Å². The van der Waals surface area contributed by atoms with Crippen LogP contribution in [-0.4, -0.2) is 32.3 Å². The Balaban J connectivity index is 1.47. The van der Waals surface area contributed by atoms with Gasteiger partial charge in [-0.05, 0) is 45.0 Å². The summed E-state index contributed by atoms with van der Waals surface area (Å²) >= 11 is 0. The fourth-order valence-electron chi connectivity index (χ4n) is 3.70. The van der Waals surface area contributed by atoms with Crippen LogP contribution in [0.25, 0.3) is 10.8 Å². The van der Waals surface area contributed by atoms with Crippen LogP contribution < -0.4 is 14.8 Å². The second-order valence-corrected chi connectivity index (χ2v) is 8.57. The van der Waals surface area contributed by atoms with E-state index in [0.29, 0.717) is 0 Å². The predicted molar refractivity (Wildman–Crippen MR) is 124 cm³/mol. The van der Waals surface area contributed by atoms with Gasteiger partial charge in [0.2, 0.25) is 5.91 Å². The van der Waals surface area contributed by atoms with Gasteiger partial charge in [-0.15, -0.1) is 0 Å². The van der Waals surface area contributed by atoms with Crippen LogP contribution in [0.4, 0.5) is 5.69 Å². The molecule has 6 nitrogen and oxygen atoms in total. The van der Waals surface area contributed by atoms with Crippen molar-refractivity contribution in [1.29, 1.82) is 0 Å². The Labute approximate surface area is 188 Å². The molecule has 0 aromatic heterocycles. The fraction of sp³-hybridized carbons (Fsp3) is 0.346. The zero-order valence-electron chi connectivity index (χ0n) is 18.9. The van der Waals surface area contributed by atoms with E-state index in [0.717, 1.165) is 33.5 Å². The molecule has 0 spiro atoms. The van der Waals surface area contributed by atoms with Crippen molar-refractivity contribution in [3.8, 4) is 11.5 Å². The lowest BCUT2D eigenvalue weighted by molar-refractivity contribution is -0.226. The summed E-state index contributed by atoms with van der Waals surface area (Å²) in [5.41, 5.74) is 0.817. The summed E-state index contributed by atoms with van der Waals surface area (Å²) in [5.74, 6) is 1.42. The van der Waals surface area contributed by atoms with Gasteiger partial charge in [0.1, 0.15) is 11.5 Å². The molecule has 1 amide bonds. The molecule has 0 unspecified atom stereocenters. The standard InChI is InChI=1S/C26H29NO5/c1-17(2)32-23-14-13-22(20-7-5-6-8-21(20)23)27-25(28)26(3)15-30-24(31-16-26)18-9-11-19(29-4)12-10-18/h5-14,17,24H,15-16H2,1-4H3,(H,27,28). The van der Waals surface area contributed by atoms with Gasteiger partial charge in [0.25, 0.3) is 0 Å². The molecule has 6 heteroatoms. The van der Waals surface area contributed by atoms with E-state index in [1.54, 1.807) is 7.11 Å². The van der Waals surface area contributed by atoms with Gasteiger partial charge in [-0.2, -0.15) is 0 Å². The van der Waals surface area contributed by atoms with Crippen LogP contribution in [0.5, 0.6) is 11.5 Å². The minimum atomic E-state index is -0.808. The van der Waals surface area contributed by atoms with Gasteiger partial charge >= 0.3 is 0 Å². The van der Waals surface area contributed by atoms with Crippen LogP contribution >= 0.6 is 0 Å². The van der Waals surface area contributed by atoms with Crippen LogP contribution in [0.2, 0.25) is 0 Å². The Morgan fingerprint density at radius 1 is 1.00 bits per heavy atom. The quantitative estimate of drug-likeness (QED) is 0.567. The smallest absolute Gasteiger partial charge is 0.235 e. The second-order valence-electron chi connectivity index (χ2n) is 8.57. The molecule has 1 fully saturated rings. The van der Waals surface area contributed by atoms with Crippen molar-refractivity contribution >= 4 is 22.4 Å². The number of ether oxygens (including phenoxy) is 4. The zero-order valence-corrected chi connectivity index (χ0v) is 18.9. The maximum Gasteiger partial charge on any atom is 0.235 e. The minimum Gasteiger partial charge on any atom is -0.497 e. The second kappa shape index (κ2) is 9.18. The normalized spacial score (nSPS) is 20.8. The van der Waals surface area contributed by atoms with Gasteiger partial charge < -0.3 is 24.3 Å². The number of methoxy groups -OCH3 is 1. The van der Waals surface area contributed by atoms with Crippen LogP contribution in [0.1, 0.15) is 32.6 Å². The molecule has 1 aliphatic rings. The van der Waals surface area contributed by atoms with E-state index >= 15 is 0 Å². The van der Waals surface area contributed by atoms with Crippen molar-refractivity contribution in [2.24, 2.45) is 5.41 Å². The van der Waals surface area contributed by atoms with Gasteiger partial charge in [0, 0.05) is 22.0 Å². The molecule has 32 heavy (non-hydrogen) atoms. The molecule has 3 aromatic rings. The Bertz CT molecular complexity index is 1090. The summed E-state index contributed by atoms with van der Waals surface area (Å²) < 4.78 is 23.0. The highest BCUT2D eigenvalue weighted by Gasteiger charge is 2.40. The summed E-state index contributed by atoms with van der Waals surface area (Å²) in [6.45, 7) is 6.34. The molecule has 1 aliphatic heterocycles. The van der Waals surface area contributed by atoms with Gasteiger partial charge in [-0.3, -0.25) is 4.79 Å². The van der Waals surface area contributed by atoms with Crippen molar-refractivity contribution in [1.82, 2.24) is 0 Å². The zero-order chi connectivity index (χ0) is 22.7. The van der Waals surface area contributed by atoms with Crippen molar-refractivity contribution in [2.45, 2.75) is 33.2 Å². The Kier molecular flexibility index (Phi) is 6.35. The molecule has 0 atom stereocenters. The first kappa shape index (κ1) is 22.1. The number of anilines is 1. The topological polar surface area (TPSA) is 66.0 Å². The lowest BCUT2D eigenvalue weighted by Gasteiger charge is -2.36. The first-order chi connectivity index (χ1) is 15.4. The van der Waals surface area contributed by atoms with Crippen LogP contribution in [0.3, 0.4) is 0 Å². The first-order valence-electron chi connectivity index (χ1n) is 10.8. The molecule has 1 saturated heterocycles. The van der Waals surface area contributed by atoms with E-state index in [1.165, 1.54) is 0 Å². The van der Waals surface area contributed by atoms with E-state index in [2.05, 4.69) is 5.32 Å². The van der Waals surface area contributed by atoms with Crippen molar-refractivity contribution in [3.63, 3.8) is 0 Å². The number of carbonyl (C=O) groups excluding carboxylic acids is 1. The summed E-state index contributed by atoms with van der Waals surface area (Å²) in [4.78, 5) is 13.2. The monoisotopic (exact) mass is 435 g/mol. The highest BCUT2D eigenvalue weighted by molar-refractivity contribution is 6.05. The predicted octanol–water partition coefficient (Wildman–Crippen LogP) is 5.33. The Morgan fingerprint density at radius 3 is 2.28 bits per heavy atom. The number of hydrogen-bond acceptors (Lipinski definition) is 5. The average Bonchev–Trinajstić information content (AvgIpc) is 2.81. The SMILES string of the molecule is COc1ccc(C2OCC(C)(C(=O)Nc3ccc(OC(C)C)c4ccccc34)CO2)cc1. The third-order valence-corrected chi connectivity index (χ3v) is 5.54. The molecule has 4 rings (SSSR count). The molecule has 0 saturated carbocycles. The summed E-state index contributed by atoms with van der Waals surface area (Å²) in [6.07, 6.45) is -0.442. The highest BCUT2D eigenvalue weighted by Crippen LogP contribution is 2.36. The Morgan fingerprint density at radius 2 is 1.66 bits per heavy atom. The molecule has 3 aromatic carbocycles. The first-order valence-corrected chi connectivity index (χ1v) is 10.8. The van der Waals surface area contributed by atoms with E-state index in [4.69, 9.17) is 18.9 Å². The number of nitrogens with one attached hydrogen (secondary N) is 1. The average molecular weight is 436 g/mol. The maximum absolute atomic E-state index is 13.2. The van der Waals surface area contributed by atoms with Crippen molar-refractivity contribution in [3.05, 3.63) is 66.2 Å². The van der Waals surface area contributed by atoms with Gasteiger partial charge in [-0.25, -0.2) is 0 Å². The van der Waals surface area contributed by atoms with E-state index in [-0.39, 0.29) is 25.2 Å². The van der Waals surface area contributed by atoms with E-state index in [9.17, 15) is 4.79 Å². The number of benzene rings is 3. The lowest BCUT2D eigenvalue weighted by atomic mass is 9.90. The van der Waals surface area contributed by atoms with Gasteiger partial charge in [-0.1, -0.05) is 36.4 Å². The molecule has 0 aliphatic carbocycles. The van der Waals surface area contributed by atoms with Crippen LogP contribution in [0.15, 0.2) is 60.7 Å². The van der Waals surface area contributed by atoms with Crippen molar-refractivity contribution < 1.29 is 23.7 Å². The third kappa shape index (κ3) is 4.56. The molecule has 0 radical (unpaired) electrons. The number of rotatable bonds is 6. The van der Waals surface area contributed by atoms with Crippen LogP contribution in [-0.2, 0) is 14.3 Å². The largest absolute Gasteiger partial charge is 0.497 e. The molecule has 1 N–H and O–H groups in total. The van der Waals surface area contributed by atoms with E-state index < -0.39 is 11.7 Å².